The first-order valence-electron chi connectivity index (χ1n) is 11.8. The number of amides is 1. The summed E-state index contributed by atoms with van der Waals surface area (Å²) in [6.45, 7) is 5.13. The molecule has 0 aliphatic rings. The molecule has 0 spiro atoms. The lowest BCUT2D eigenvalue weighted by Crippen LogP contribution is -2.24. The molecule has 6 nitrogen and oxygen atoms in total. The highest BCUT2D eigenvalue weighted by atomic mass is 32.2. The molecule has 0 atom stereocenters. The molecule has 1 aromatic heterocycles. The Kier molecular flexibility index (Phi) is 8.57. The molecule has 1 N–H and O–H groups in total. The predicted molar refractivity (Wildman–Crippen MR) is 140 cm³/mol. The zero-order chi connectivity index (χ0) is 24.5. The molecule has 7 heteroatoms. The van der Waals surface area contributed by atoms with Crippen molar-refractivity contribution in [2.75, 3.05) is 6.61 Å². The minimum absolute atomic E-state index is 0.165. The number of hydrogen-bond acceptors (Lipinski definition) is 5. The fourth-order valence-corrected chi connectivity index (χ4v) is 4.41. The van der Waals surface area contributed by atoms with Gasteiger partial charge in [-0.05, 0) is 55.3 Å². The summed E-state index contributed by atoms with van der Waals surface area (Å²) in [7, 11) is 0. The van der Waals surface area contributed by atoms with E-state index in [1.807, 2.05) is 47.0 Å². The van der Waals surface area contributed by atoms with E-state index in [4.69, 9.17) is 4.74 Å². The topological polar surface area (TPSA) is 69.0 Å². The number of unbranched alkanes of at least 4 members (excludes halogenated alkanes) is 1. The Bertz CT molecular complexity index is 1220. The van der Waals surface area contributed by atoms with E-state index in [-0.39, 0.29) is 12.5 Å². The Morgan fingerprint density at radius 2 is 1.71 bits per heavy atom. The van der Waals surface area contributed by atoms with Crippen LogP contribution in [0.3, 0.4) is 0 Å². The zero-order valence-electron chi connectivity index (χ0n) is 20.1. The number of aromatic nitrogens is 3. The fraction of sp³-hybridized carbons (Fsp3) is 0.250. The molecule has 0 saturated heterocycles. The number of ether oxygens (including phenoxy) is 1. The molecule has 35 heavy (non-hydrogen) atoms. The zero-order valence-corrected chi connectivity index (χ0v) is 20.9. The monoisotopic (exact) mass is 486 g/mol. The minimum Gasteiger partial charge on any atom is -0.494 e. The van der Waals surface area contributed by atoms with E-state index in [9.17, 15) is 4.79 Å². The summed E-state index contributed by atoms with van der Waals surface area (Å²) in [4.78, 5) is 12.8. The molecule has 0 saturated carbocycles. The smallest absolute Gasteiger partial charge is 0.251 e. The van der Waals surface area contributed by atoms with Crippen molar-refractivity contribution in [2.45, 2.75) is 44.1 Å². The largest absolute Gasteiger partial charge is 0.494 e. The molecule has 0 aliphatic heterocycles. The Morgan fingerprint density at radius 3 is 2.43 bits per heavy atom. The summed E-state index contributed by atoms with van der Waals surface area (Å²) in [5, 5.41) is 12.6. The summed E-state index contributed by atoms with van der Waals surface area (Å²) in [5.74, 6) is 2.07. The fourth-order valence-electron chi connectivity index (χ4n) is 3.48. The molecule has 180 valence electrons. The summed E-state index contributed by atoms with van der Waals surface area (Å²) in [6, 6.07) is 25.7. The normalized spacial score (nSPS) is 10.8. The van der Waals surface area contributed by atoms with Crippen molar-refractivity contribution in [1.29, 1.82) is 0 Å². The standard InChI is InChI=1S/C28H30N4O2S/c1-3-4-18-34-25-16-12-23(13-17-25)27(33)29-19-26-30-31-28(35-20-22-8-6-5-7-9-22)32(26)24-14-10-21(2)11-15-24/h5-17H,3-4,18-20H2,1-2H3,(H,29,33). The van der Waals surface area contributed by atoms with Crippen LogP contribution in [-0.2, 0) is 12.3 Å². The van der Waals surface area contributed by atoms with E-state index in [2.05, 4.69) is 53.6 Å². The average molecular weight is 487 g/mol. The first-order valence-corrected chi connectivity index (χ1v) is 12.8. The summed E-state index contributed by atoms with van der Waals surface area (Å²) in [6.07, 6.45) is 2.09. The van der Waals surface area contributed by atoms with E-state index in [1.165, 1.54) is 11.1 Å². The van der Waals surface area contributed by atoms with Crippen molar-refractivity contribution in [3.05, 3.63) is 101 Å². The van der Waals surface area contributed by atoms with Crippen LogP contribution in [-0.4, -0.2) is 27.3 Å². The van der Waals surface area contributed by atoms with Crippen molar-refractivity contribution >= 4 is 17.7 Å². The highest BCUT2D eigenvalue weighted by Gasteiger charge is 2.16. The van der Waals surface area contributed by atoms with Gasteiger partial charge in [0.25, 0.3) is 5.91 Å². The lowest BCUT2D eigenvalue weighted by atomic mass is 10.2. The van der Waals surface area contributed by atoms with Crippen LogP contribution < -0.4 is 10.1 Å². The van der Waals surface area contributed by atoms with Crippen molar-refractivity contribution in [2.24, 2.45) is 0 Å². The number of hydrogen-bond donors (Lipinski definition) is 1. The number of rotatable bonds is 11. The van der Waals surface area contributed by atoms with Crippen LogP contribution in [0.2, 0.25) is 0 Å². The van der Waals surface area contributed by atoms with Crippen molar-refractivity contribution < 1.29 is 9.53 Å². The molecule has 0 fully saturated rings. The predicted octanol–water partition coefficient (Wildman–Crippen LogP) is 5.98. The molecule has 4 aromatic rings. The SMILES string of the molecule is CCCCOc1ccc(C(=O)NCc2nnc(SCc3ccccc3)n2-c2ccc(C)cc2)cc1. The second kappa shape index (κ2) is 12.2. The van der Waals surface area contributed by atoms with E-state index < -0.39 is 0 Å². The van der Waals surface area contributed by atoms with Crippen LogP contribution in [0.5, 0.6) is 5.75 Å². The number of nitrogens with zero attached hydrogens (tertiary/aromatic N) is 3. The molecule has 4 rings (SSSR count). The van der Waals surface area contributed by atoms with Gasteiger partial charge in [0.05, 0.1) is 13.2 Å². The lowest BCUT2D eigenvalue weighted by molar-refractivity contribution is 0.0949. The Balaban J connectivity index is 1.47. The Morgan fingerprint density at radius 1 is 0.971 bits per heavy atom. The number of carbonyl (C=O) groups is 1. The molecular formula is C28H30N4O2S. The molecular weight excluding hydrogens is 456 g/mol. The number of thioether (sulfide) groups is 1. The van der Waals surface area contributed by atoms with Gasteiger partial charge in [-0.1, -0.05) is 73.1 Å². The van der Waals surface area contributed by atoms with Gasteiger partial charge in [-0.15, -0.1) is 10.2 Å². The van der Waals surface area contributed by atoms with Gasteiger partial charge in [0, 0.05) is 17.0 Å². The van der Waals surface area contributed by atoms with Gasteiger partial charge in [0.1, 0.15) is 5.75 Å². The molecule has 0 unspecified atom stereocenters. The molecule has 0 aliphatic carbocycles. The van der Waals surface area contributed by atoms with E-state index in [1.54, 1.807) is 23.9 Å². The molecule has 3 aromatic carbocycles. The van der Waals surface area contributed by atoms with Crippen molar-refractivity contribution in [3.63, 3.8) is 0 Å². The maximum Gasteiger partial charge on any atom is 0.251 e. The number of carbonyl (C=O) groups excluding carboxylic acids is 1. The highest BCUT2D eigenvalue weighted by Crippen LogP contribution is 2.25. The first-order chi connectivity index (χ1) is 17.1. The van der Waals surface area contributed by atoms with Gasteiger partial charge in [-0.3, -0.25) is 9.36 Å². The van der Waals surface area contributed by atoms with Crippen LogP contribution in [0.1, 0.15) is 47.1 Å². The lowest BCUT2D eigenvalue weighted by Gasteiger charge is -2.12. The maximum atomic E-state index is 12.8. The quantitative estimate of drug-likeness (QED) is 0.209. The maximum absolute atomic E-state index is 12.8. The van der Waals surface area contributed by atoms with E-state index >= 15 is 0 Å². The number of benzene rings is 3. The Labute approximate surface area is 210 Å². The van der Waals surface area contributed by atoms with Crippen LogP contribution in [0.25, 0.3) is 5.69 Å². The molecule has 0 radical (unpaired) electrons. The minimum atomic E-state index is -0.165. The summed E-state index contributed by atoms with van der Waals surface area (Å²) < 4.78 is 7.70. The first kappa shape index (κ1) is 24.5. The third kappa shape index (κ3) is 6.73. The molecule has 0 bridgehead atoms. The van der Waals surface area contributed by atoms with Crippen LogP contribution >= 0.6 is 11.8 Å². The van der Waals surface area contributed by atoms with Gasteiger partial charge >= 0.3 is 0 Å². The summed E-state index contributed by atoms with van der Waals surface area (Å²) >= 11 is 1.62. The second-order valence-electron chi connectivity index (χ2n) is 8.25. The third-order valence-electron chi connectivity index (χ3n) is 5.49. The number of aryl methyl sites for hydroxylation is 1. The summed E-state index contributed by atoms with van der Waals surface area (Å²) in [5.41, 5.74) is 3.94. The van der Waals surface area contributed by atoms with Gasteiger partial charge in [-0.25, -0.2) is 0 Å². The van der Waals surface area contributed by atoms with E-state index in [0.717, 1.165) is 35.2 Å². The van der Waals surface area contributed by atoms with Gasteiger partial charge in [0.15, 0.2) is 11.0 Å². The second-order valence-corrected chi connectivity index (χ2v) is 9.20. The highest BCUT2D eigenvalue weighted by molar-refractivity contribution is 7.98. The molecule has 1 amide bonds. The average Bonchev–Trinajstić information content (AvgIpc) is 3.30. The van der Waals surface area contributed by atoms with Crippen molar-refractivity contribution in [1.82, 2.24) is 20.1 Å². The van der Waals surface area contributed by atoms with Gasteiger partial charge < -0.3 is 10.1 Å². The van der Waals surface area contributed by atoms with Gasteiger partial charge in [0.2, 0.25) is 0 Å². The number of nitrogens with one attached hydrogen (secondary N) is 1. The van der Waals surface area contributed by atoms with E-state index in [0.29, 0.717) is 18.0 Å². The Hall–Kier alpha value is -3.58. The molecule has 1 heterocycles. The third-order valence-corrected chi connectivity index (χ3v) is 6.49. The van der Waals surface area contributed by atoms with Crippen LogP contribution in [0, 0.1) is 6.92 Å². The van der Waals surface area contributed by atoms with Crippen LogP contribution in [0.15, 0.2) is 84.0 Å². The van der Waals surface area contributed by atoms with Gasteiger partial charge in [-0.2, -0.15) is 0 Å². The van der Waals surface area contributed by atoms with Crippen LogP contribution in [0.4, 0.5) is 0 Å². The van der Waals surface area contributed by atoms with Crippen molar-refractivity contribution in [3.8, 4) is 11.4 Å².